The first-order chi connectivity index (χ1) is 7.58. The topological polar surface area (TPSA) is 55.1 Å². The number of hydrogen-bond donors (Lipinski definition) is 1. The number of rotatable bonds is 2. The quantitative estimate of drug-likeness (QED) is 0.897. The normalized spacial score (nSPS) is 10.4. The fraction of sp³-hybridized carbons (Fsp3) is 0.200. The fourth-order valence-corrected chi connectivity index (χ4v) is 2.16. The maximum absolute atomic E-state index is 11.7. The Bertz CT molecular complexity index is 513. The maximum atomic E-state index is 11.7. The molecule has 0 unspecified atom stereocenters. The Balaban J connectivity index is 2.17. The summed E-state index contributed by atoms with van der Waals surface area (Å²) < 4.78 is 4.84. The Kier molecular flexibility index (Phi) is 2.98. The lowest BCUT2D eigenvalue weighted by atomic mass is 10.3. The number of aryl methyl sites for hydroxylation is 2. The number of aromatic nitrogens is 1. The van der Waals surface area contributed by atoms with Gasteiger partial charge in [-0.3, -0.25) is 10.1 Å². The molecule has 16 heavy (non-hydrogen) atoms. The molecule has 2 aromatic heterocycles. The van der Waals surface area contributed by atoms with Crippen LogP contribution in [0, 0.1) is 13.8 Å². The summed E-state index contributed by atoms with van der Waals surface area (Å²) >= 11 is 7.12. The van der Waals surface area contributed by atoms with E-state index in [-0.39, 0.29) is 11.1 Å². The van der Waals surface area contributed by atoms with Crippen LogP contribution in [0.15, 0.2) is 16.7 Å². The van der Waals surface area contributed by atoms with E-state index in [2.05, 4.69) is 10.3 Å². The van der Waals surface area contributed by atoms with Gasteiger partial charge in [0.2, 0.25) is 5.22 Å². The molecular formula is C10H9ClN2O2S. The molecule has 6 heteroatoms. The van der Waals surface area contributed by atoms with Crippen molar-refractivity contribution in [2.45, 2.75) is 13.8 Å². The highest BCUT2D eigenvalue weighted by atomic mass is 35.5. The zero-order valence-electron chi connectivity index (χ0n) is 8.70. The molecule has 0 aliphatic heterocycles. The van der Waals surface area contributed by atoms with Crippen molar-refractivity contribution in [2.24, 2.45) is 0 Å². The van der Waals surface area contributed by atoms with E-state index in [1.165, 1.54) is 23.7 Å². The lowest BCUT2D eigenvalue weighted by Gasteiger charge is -1.98. The van der Waals surface area contributed by atoms with Crippen molar-refractivity contribution in [3.63, 3.8) is 0 Å². The number of anilines is 1. The summed E-state index contributed by atoms with van der Waals surface area (Å²) in [5.41, 5.74) is 1.23. The Hall–Kier alpha value is -1.33. The molecule has 2 rings (SSSR count). The molecular weight excluding hydrogens is 248 g/mol. The van der Waals surface area contributed by atoms with E-state index < -0.39 is 0 Å². The minimum Gasteiger partial charge on any atom is -0.452 e. The maximum Gasteiger partial charge on any atom is 0.262 e. The zero-order valence-corrected chi connectivity index (χ0v) is 10.3. The number of nitrogens with zero attached hydrogens (tertiary/aromatic N) is 1. The van der Waals surface area contributed by atoms with Crippen LogP contribution in [0.5, 0.6) is 0 Å². The van der Waals surface area contributed by atoms with Crippen LogP contribution in [-0.2, 0) is 0 Å². The minimum absolute atomic E-state index is 0.0856. The van der Waals surface area contributed by atoms with Gasteiger partial charge in [0.25, 0.3) is 5.91 Å². The van der Waals surface area contributed by atoms with Gasteiger partial charge in [-0.25, -0.2) is 4.98 Å². The molecule has 0 aliphatic carbocycles. The van der Waals surface area contributed by atoms with Crippen molar-refractivity contribution >= 4 is 34.0 Å². The van der Waals surface area contributed by atoms with Crippen molar-refractivity contribution in [3.05, 3.63) is 33.7 Å². The van der Waals surface area contributed by atoms with Gasteiger partial charge in [-0.1, -0.05) is 0 Å². The summed E-state index contributed by atoms with van der Waals surface area (Å²) in [6, 6.07) is 1.52. The van der Waals surface area contributed by atoms with E-state index in [1.807, 2.05) is 13.8 Å². The standard InChI is InChI=1S/C10H9ClN2O2S/c1-5-6(2)16-10(12-5)13-9(14)7-3-4-15-8(7)11/h3-4H,1-2H3,(H,12,13,14). The van der Waals surface area contributed by atoms with Crippen LogP contribution in [-0.4, -0.2) is 10.9 Å². The fourth-order valence-electron chi connectivity index (χ4n) is 1.15. The van der Waals surface area contributed by atoms with Crippen LogP contribution >= 0.6 is 22.9 Å². The summed E-state index contributed by atoms with van der Waals surface area (Å²) in [4.78, 5) is 17.0. The second kappa shape index (κ2) is 4.27. The van der Waals surface area contributed by atoms with Crippen molar-refractivity contribution in [3.8, 4) is 0 Å². The number of carbonyl (C=O) groups excluding carboxylic acids is 1. The van der Waals surface area contributed by atoms with Gasteiger partial charge in [-0.15, -0.1) is 11.3 Å². The smallest absolute Gasteiger partial charge is 0.262 e. The average molecular weight is 257 g/mol. The highest BCUT2D eigenvalue weighted by Crippen LogP contribution is 2.23. The predicted octanol–water partition coefficient (Wildman–Crippen LogP) is 3.26. The van der Waals surface area contributed by atoms with Gasteiger partial charge in [-0.2, -0.15) is 0 Å². The SMILES string of the molecule is Cc1nc(NC(=O)c2ccoc2Cl)sc1C. The van der Waals surface area contributed by atoms with Gasteiger partial charge < -0.3 is 4.42 Å². The van der Waals surface area contributed by atoms with E-state index in [9.17, 15) is 4.79 Å². The predicted molar refractivity (Wildman–Crippen MR) is 63.3 cm³/mol. The summed E-state index contributed by atoms with van der Waals surface area (Å²) in [6.45, 7) is 3.85. The van der Waals surface area contributed by atoms with Crippen LogP contribution in [0.1, 0.15) is 20.9 Å². The highest BCUT2D eigenvalue weighted by Gasteiger charge is 2.14. The molecule has 2 aromatic rings. The van der Waals surface area contributed by atoms with Crippen LogP contribution in [0.2, 0.25) is 5.22 Å². The molecule has 0 saturated carbocycles. The monoisotopic (exact) mass is 256 g/mol. The molecule has 2 heterocycles. The lowest BCUT2D eigenvalue weighted by molar-refractivity contribution is 0.102. The van der Waals surface area contributed by atoms with Crippen molar-refractivity contribution in [1.29, 1.82) is 0 Å². The van der Waals surface area contributed by atoms with Crippen LogP contribution in [0.3, 0.4) is 0 Å². The summed E-state index contributed by atoms with van der Waals surface area (Å²) in [5, 5.41) is 3.32. The highest BCUT2D eigenvalue weighted by molar-refractivity contribution is 7.15. The average Bonchev–Trinajstić information content (AvgIpc) is 2.74. The molecule has 0 fully saturated rings. The summed E-state index contributed by atoms with van der Waals surface area (Å²) in [6.07, 6.45) is 1.37. The number of halogens is 1. The van der Waals surface area contributed by atoms with Gasteiger partial charge in [0.15, 0.2) is 5.13 Å². The van der Waals surface area contributed by atoms with E-state index in [4.69, 9.17) is 16.0 Å². The Morgan fingerprint density at radius 1 is 1.56 bits per heavy atom. The molecule has 0 radical (unpaired) electrons. The number of nitrogens with one attached hydrogen (secondary N) is 1. The number of hydrogen-bond acceptors (Lipinski definition) is 4. The van der Waals surface area contributed by atoms with Crippen LogP contribution in [0.25, 0.3) is 0 Å². The van der Waals surface area contributed by atoms with Crippen molar-refractivity contribution in [2.75, 3.05) is 5.32 Å². The summed E-state index contributed by atoms with van der Waals surface area (Å²) in [7, 11) is 0. The molecule has 0 atom stereocenters. The van der Waals surface area contributed by atoms with Gasteiger partial charge in [0.05, 0.1) is 17.5 Å². The van der Waals surface area contributed by atoms with E-state index in [0.29, 0.717) is 10.7 Å². The van der Waals surface area contributed by atoms with Gasteiger partial charge in [-0.05, 0) is 31.5 Å². The largest absolute Gasteiger partial charge is 0.452 e. The van der Waals surface area contributed by atoms with Crippen molar-refractivity contribution < 1.29 is 9.21 Å². The molecule has 4 nitrogen and oxygen atoms in total. The summed E-state index contributed by atoms with van der Waals surface area (Å²) in [5.74, 6) is -0.312. The number of amides is 1. The Morgan fingerprint density at radius 2 is 2.31 bits per heavy atom. The van der Waals surface area contributed by atoms with Crippen molar-refractivity contribution in [1.82, 2.24) is 4.98 Å². The third-order valence-corrected chi connectivity index (χ3v) is 3.39. The Labute approximate surface area is 101 Å². The molecule has 1 amide bonds. The lowest BCUT2D eigenvalue weighted by Crippen LogP contribution is -2.11. The first kappa shape index (κ1) is 11.2. The molecule has 0 aliphatic rings. The van der Waals surface area contributed by atoms with Gasteiger partial charge in [0, 0.05) is 4.88 Å². The number of carbonyl (C=O) groups is 1. The molecule has 1 N–H and O–H groups in total. The molecule has 0 bridgehead atoms. The van der Waals surface area contributed by atoms with Crippen LogP contribution < -0.4 is 5.32 Å². The first-order valence-electron chi connectivity index (χ1n) is 4.56. The van der Waals surface area contributed by atoms with Gasteiger partial charge >= 0.3 is 0 Å². The van der Waals surface area contributed by atoms with Gasteiger partial charge in [0.1, 0.15) is 0 Å². The third kappa shape index (κ3) is 2.10. The number of thiazole rings is 1. The molecule has 84 valence electrons. The third-order valence-electron chi connectivity index (χ3n) is 2.11. The van der Waals surface area contributed by atoms with E-state index in [0.717, 1.165) is 10.6 Å². The van der Waals surface area contributed by atoms with Crippen LogP contribution in [0.4, 0.5) is 5.13 Å². The Morgan fingerprint density at radius 3 is 2.81 bits per heavy atom. The second-order valence-electron chi connectivity index (χ2n) is 3.22. The van der Waals surface area contributed by atoms with E-state index >= 15 is 0 Å². The second-order valence-corrected chi connectivity index (χ2v) is 4.77. The van der Waals surface area contributed by atoms with E-state index in [1.54, 1.807) is 0 Å². The zero-order chi connectivity index (χ0) is 11.7. The molecule has 0 spiro atoms. The number of furan rings is 1. The molecule has 0 saturated heterocycles. The molecule has 0 aromatic carbocycles. The minimum atomic E-state index is -0.312. The first-order valence-corrected chi connectivity index (χ1v) is 5.75.